The number of carbonyl (C=O) groups excluding carboxylic acids is 2. The van der Waals surface area contributed by atoms with Gasteiger partial charge in [0.05, 0.1) is 5.92 Å². The summed E-state index contributed by atoms with van der Waals surface area (Å²) in [6.07, 6.45) is 2.51. The van der Waals surface area contributed by atoms with Crippen LogP contribution >= 0.6 is 0 Å². The van der Waals surface area contributed by atoms with Gasteiger partial charge < -0.3 is 0 Å². The van der Waals surface area contributed by atoms with Gasteiger partial charge in [-0.2, -0.15) is 0 Å². The zero-order valence-electron chi connectivity index (χ0n) is 9.86. The molecule has 1 saturated heterocycles. The van der Waals surface area contributed by atoms with E-state index in [-0.39, 0.29) is 29.5 Å². The zero-order chi connectivity index (χ0) is 12.7. The fourth-order valence-electron chi connectivity index (χ4n) is 2.85. The SMILES string of the molecule is O=C1CC(C2CC2)C(c2cccc(F)c2)C(=O)N1. The third kappa shape index (κ3) is 2.03. The minimum absolute atomic E-state index is 0.0352. The molecule has 1 aromatic rings. The van der Waals surface area contributed by atoms with Crippen LogP contribution in [0.1, 0.15) is 30.7 Å². The number of rotatable bonds is 2. The Hall–Kier alpha value is -1.71. The summed E-state index contributed by atoms with van der Waals surface area (Å²) < 4.78 is 13.3. The number of imide groups is 1. The molecule has 1 aliphatic heterocycles. The molecule has 1 N–H and O–H groups in total. The number of carbonyl (C=O) groups is 2. The van der Waals surface area contributed by atoms with Crippen molar-refractivity contribution in [2.24, 2.45) is 11.8 Å². The summed E-state index contributed by atoms with van der Waals surface area (Å²) in [5.74, 6) is -0.739. The molecule has 2 atom stereocenters. The Balaban J connectivity index is 1.95. The molecule has 1 aromatic carbocycles. The molecular formula is C14H14FNO2. The summed E-state index contributed by atoms with van der Waals surface area (Å²) in [7, 11) is 0. The van der Waals surface area contributed by atoms with Crippen LogP contribution in [0.25, 0.3) is 0 Å². The fraction of sp³-hybridized carbons (Fsp3) is 0.429. The maximum absolute atomic E-state index is 13.3. The third-order valence-electron chi connectivity index (χ3n) is 3.83. The molecule has 94 valence electrons. The number of hydrogen-bond donors (Lipinski definition) is 1. The first-order valence-corrected chi connectivity index (χ1v) is 6.24. The molecule has 0 bridgehead atoms. The van der Waals surface area contributed by atoms with Gasteiger partial charge in [0.2, 0.25) is 11.8 Å². The molecule has 1 aliphatic carbocycles. The Labute approximate surface area is 104 Å². The molecule has 3 rings (SSSR count). The molecule has 4 heteroatoms. The van der Waals surface area contributed by atoms with E-state index in [2.05, 4.69) is 5.32 Å². The second-order valence-corrected chi connectivity index (χ2v) is 5.15. The maximum atomic E-state index is 13.3. The lowest BCUT2D eigenvalue weighted by Crippen LogP contribution is -2.45. The molecule has 2 unspecified atom stereocenters. The molecule has 3 nitrogen and oxygen atoms in total. The summed E-state index contributed by atoms with van der Waals surface area (Å²) in [6, 6.07) is 6.13. The predicted octanol–water partition coefficient (Wildman–Crippen LogP) is 1.98. The number of amides is 2. The van der Waals surface area contributed by atoms with E-state index in [1.165, 1.54) is 12.1 Å². The third-order valence-corrected chi connectivity index (χ3v) is 3.83. The Morgan fingerprint density at radius 3 is 2.67 bits per heavy atom. The average molecular weight is 247 g/mol. The van der Waals surface area contributed by atoms with E-state index in [4.69, 9.17) is 0 Å². The molecular weight excluding hydrogens is 233 g/mol. The van der Waals surface area contributed by atoms with Crippen molar-refractivity contribution >= 4 is 11.8 Å². The topological polar surface area (TPSA) is 46.2 Å². The number of nitrogens with one attached hydrogen (secondary N) is 1. The van der Waals surface area contributed by atoms with Crippen LogP contribution in [-0.2, 0) is 9.59 Å². The molecule has 2 fully saturated rings. The second kappa shape index (κ2) is 4.19. The van der Waals surface area contributed by atoms with Crippen molar-refractivity contribution in [3.8, 4) is 0 Å². The summed E-state index contributed by atoms with van der Waals surface area (Å²) in [5, 5.41) is 2.36. The van der Waals surface area contributed by atoms with Gasteiger partial charge in [0, 0.05) is 6.42 Å². The van der Waals surface area contributed by atoms with Crippen LogP contribution in [0.5, 0.6) is 0 Å². The molecule has 2 amide bonds. The van der Waals surface area contributed by atoms with Crippen molar-refractivity contribution < 1.29 is 14.0 Å². The van der Waals surface area contributed by atoms with Crippen molar-refractivity contribution in [1.82, 2.24) is 5.32 Å². The van der Waals surface area contributed by atoms with E-state index < -0.39 is 0 Å². The van der Waals surface area contributed by atoms with Crippen LogP contribution in [0.2, 0.25) is 0 Å². The Morgan fingerprint density at radius 2 is 2.00 bits per heavy atom. The largest absolute Gasteiger partial charge is 0.296 e. The van der Waals surface area contributed by atoms with E-state index >= 15 is 0 Å². The monoisotopic (exact) mass is 247 g/mol. The van der Waals surface area contributed by atoms with Crippen LogP contribution < -0.4 is 5.32 Å². The van der Waals surface area contributed by atoms with Crippen LogP contribution in [0, 0.1) is 17.7 Å². The lowest BCUT2D eigenvalue weighted by Gasteiger charge is -2.30. The first-order valence-electron chi connectivity index (χ1n) is 6.24. The van der Waals surface area contributed by atoms with Gasteiger partial charge in [-0.3, -0.25) is 14.9 Å². The molecule has 0 spiro atoms. The van der Waals surface area contributed by atoms with Gasteiger partial charge in [-0.05, 0) is 42.4 Å². The molecule has 1 saturated carbocycles. The summed E-state index contributed by atoms with van der Waals surface area (Å²) >= 11 is 0. The van der Waals surface area contributed by atoms with Crippen molar-refractivity contribution in [2.75, 3.05) is 0 Å². The van der Waals surface area contributed by atoms with E-state index in [1.807, 2.05) is 0 Å². The van der Waals surface area contributed by atoms with Gasteiger partial charge in [0.1, 0.15) is 5.82 Å². The highest BCUT2D eigenvalue weighted by molar-refractivity contribution is 6.01. The van der Waals surface area contributed by atoms with Gasteiger partial charge in [-0.15, -0.1) is 0 Å². The average Bonchev–Trinajstić information content (AvgIpc) is 3.11. The van der Waals surface area contributed by atoms with Crippen molar-refractivity contribution in [1.29, 1.82) is 0 Å². The molecule has 2 aliphatic rings. The Kier molecular flexibility index (Phi) is 2.65. The minimum Gasteiger partial charge on any atom is -0.296 e. The van der Waals surface area contributed by atoms with E-state index in [0.29, 0.717) is 17.9 Å². The molecule has 18 heavy (non-hydrogen) atoms. The van der Waals surface area contributed by atoms with Crippen molar-refractivity contribution in [2.45, 2.75) is 25.2 Å². The second-order valence-electron chi connectivity index (χ2n) is 5.15. The van der Waals surface area contributed by atoms with Crippen LogP contribution in [0.15, 0.2) is 24.3 Å². The first kappa shape index (κ1) is 11.4. The van der Waals surface area contributed by atoms with Gasteiger partial charge in [-0.25, -0.2) is 4.39 Å². The maximum Gasteiger partial charge on any atom is 0.234 e. The van der Waals surface area contributed by atoms with Crippen molar-refractivity contribution in [3.05, 3.63) is 35.6 Å². The number of hydrogen-bond acceptors (Lipinski definition) is 2. The summed E-state index contributed by atoms with van der Waals surface area (Å²) in [6.45, 7) is 0. The predicted molar refractivity (Wildman–Crippen MR) is 63.1 cm³/mol. The van der Waals surface area contributed by atoms with Crippen molar-refractivity contribution in [3.63, 3.8) is 0 Å². The minimum atomic E-state index is -0.383. The highest BCUT2D eigenvalue weighted by Gasteiger charge is 2.44. The van der Waals surface area contributed by atoms with Gasteiger partial charge in [-0.1, -0.05) is 12.1 Å². The molecule has 0 radical (unpaired) electrons. The lowest BCUT2D eigenvalue weighted by atomic mass is 9.77. The number of halogens is 1. The summed E-state index contributed by atoms with van der Waals surface area (Å²) in [4.78, 5) is 23.5. The fourth-order valence-corrected chi connectivity index (χ4v) is 2.85. The number of benzene rings is 1. The normalized spacial score (nSPS) is 28.1. The standard InChI is InChI=1S/C14H14FNO2/c15-10-3-1-2-9(6-10)13-11(8-4-5-8)7-12(17)16-14(13)18/h1-3,6,8,11,13H,4-5,7H2,(H,16,17,18). The highest BCUT2D eigenvalue weighted by Crippen LogP contribution is 2.47. The number of piperidine rings is 1. The van der Waals surface area contributed by atoms with Crippen LogP contribution in [-0.4, -0.2) is 11.8 Å². The lowest BCUT2D eigenvalue weighted by molar-refractivity contribution is -0.136. The van der Waals surface area contributed by atoms with Gasteiger partial charge in [0.25, 0.3) is 0 Å². The smallest absolute Gasteiger partial charge is 0.234 e. The van der Waals surface area contributed by atoms with Gasteiger partial charge in [0.15, 0.2) is 0 Å². The Bertz CT molecular complexity index is 510. The van der Waals surface area contributed by atoms with E-state index in [9.17, 15) is 14.0 Å². The first-order chi connectivity index (χ1) is 8.65. The van der Waals surface area contributed by atoms with E-state index in [1.54, 1.807) is 12.1 Å². The van der Waals surface area contributed by atoms with E-state index in [0.717, 1.165) is 12.8 Å². The molecule has 0 aromatic heterocycles. The zero-order valence-corrected chi connectivity index (χ0v) is 9.86. The van der Waals surface area contributed by atoms with Crippen LogP contribution in [0.4, 0.5) is 4.39 Å². The summed E-state index contributed by atoms with van der Waals surface area (Å²) in [5.41, 5.74) is 0.678. The molecule has 1 heterocycles. The quantitative estimate of drug-likeness (QED) is 0.812. The van der Waals surface area contributed by atoms with Gasteiger partial charge >= 0.3 is 0 Å². The highest BCUT2D eigenvalue weighted by atomic mass is 19.1. The Morgan fingerprint density at radius 1 is 1.22 bits per heavy atom. The van der Waals surface area contributed by atoms with Crippen LogP contribution in [0.3, 0.4) is 0 Å².